The first-order valence-electron chi connectivity index (χ1n) is 5.81. The lowest BCUT2D eigenvalue weighted by molar-refractivity contribution is 0.100. The molecule has 0 unspecified atom stereocenters. The number of nitrogens with one attached hydrogen (secondary N) is 1. The van der Waals surface area contributed by atoms with E-state index in [1.807, 2.05) is 0 Å². The molecule has 1 aromatic rings. The van der Waals surface area contributed by atoms with Crippen molar-refractivity contribution in [3.8, 4) is 0 Å². The van der Waals surface area contributed by atoms with Gasteiger partial charge in [0.15, 0.2) is 5.78 Å². The maximum atomic E-state index is 11.4. The highest BCUT2D eigenvalue weighted by atomic mass is 32.1. The van der Waals surface area contributed by atoms with Crippen LogP contribution < -0.4 is 16.8 Å². The van der Waals surface area contributed by atoms with Crippen molar-refractivity contribution in [3.05, 3.63) is 10.4 Å². The van der Waals surface area contributed by atoms with Gasteiger partial charge in [-0.2, -0.15) is 0 Å². The van der Waals surface area contributed by atoms with Gasteiger partial charge in [-0.05, 0) is 12.3 Å². The van der Waals surface area contributed by atoms with Crippen LogP contribution in [0.5, 0.6) is 0 Å². The van der Waals surface area contributed by atoms with E-state index in [1.54, 1.807) is 0 Å². The highest BCUT2D eigenvalue weighted by molar-refractivity contribution is 7.19. The minimum absolute atomic E-state index is 0.156. The second kappa shape index (κ2) is 5.86. The Kier molecular flexibility index (Phi) is 4.72. The number of thiophene rings is 1. The van der Waals surface area contributed by atoms with Gasteiger partial charge in [0.05, 0.1) is 16.1 Å². The fraction of sp³-hybridized carbons (Fsp3) is 0.500. The number of carbonyl (C=O) groups excluding carboxylic acids is 2. The number of amides is 1. The van der Waals surface area contributed by atoms with E-state index in [0.29, 0.717) is 15.8 Å². The van der Waals surface area contributed by atoms with E-state index in [1.165, 1.54) is 18.3 Å². The molecule has 0 bridgehead atoms. The molecule has 0 spiro atoms. The molecule has 0 radical (unpaired) electrons. The lowest BCUT2D eigenvalue weighted by Crippen LogP contribution is -2.15. The molecule has 0 aromatic carbocycles. The third kappa shape index (κ3) is 3.22. The highest BCUT2D eigenvalue weighted by Gasteiger charge is 2.22. The van der Waals surface area contributed by atoms with Crippen LogP contribution in [0.3, 0.4) is 0 Å². The first kappa shape index (κ1) is 14.5. The number of hydrogen-bond acceptors (Lipinski definition) is 5. The van der Waals surface area contributed by atoms with Gasteiger partial charge in [0.2, 0.25) is 0 Å². The molecule has 5 nitrogen and oxygen atoms in total. The average Bonchev–Trinajstić information content (AvgIpc) is 2.55. The smallest absolute Gasteiger partial charge is 0.253 e. The molecular weight excluding hydrogens is 250 g/mol. The molecule has 0 atom stereocenters. The van der Waals surface area contributed by atoms with Crippen molar-refractivity contribution in [2.75, 3.05) is 17.6 Å². The summed E-state index contributed by atoms with van der Waals surface area (Å²) in [6, 6.07) is 0. The zero-order valence-corrected chi connectivity index (χ0v) is 11.7. The maximum absolute atomic E-state index is 11.4. The average molecular weight is 269 g/mol. The highest BCUT2D eigenvalue weighted by Crippen LogP contribution is 2.35. The van der Waals surface area contributed by atoms with Crippen LogP contribution in [0, 0.1) is 5.92 Å². The van der Waals surface area contributed by atoms with E-state index in [9.17, 15) is 9.59 Å². The molecule has 6 heteroatoms. The van der Waals surface area contributed by atoms with Crippen LogP contribution in [0.1, 0.15) is 47.2 Å². The summed E-state index contributed by atoms with van der Waals surface area (Å²) in [5.41, 5.74) is 11.5. The van der Waals surface area contributed by atoms with Gasteiger partial charge >= 0.3 is 0 Å². The van der Waals surface area contributed by atoms with Crippen molar-refractivity contribution >= 4 is 33.7 Å². The lowest BCUT2D eigenvalue weighted by Gasteiger charge is -2.07. The normalized spacial score (nSPS) is 10.7. The summed E-state index contributed by atoms with van der Waals surface area (Å²) in [5.74, 6) is -0.209. The summed E-state index contributed by atoms with van der Waals surface area (Å²) in [7, 11) is 0. The number of nitrogens with two attached hydrogens (primary N) is 2. The Morgan fingerprint density at radius 3 is 2.44 bits per heavy atom. The number of Topliss-reactive ketones (excluding diaryl/α,β-unsaturated/α-hetero) is 1. The third-order valence-corrected chi connectivity index (χ3v) is 3.78. The van der Waals surface area contributed by atoms with Crippen molar-refractivity contribution in [1.29, 1.82) is 0 Å². The number of ketones is 1. The Hall–Kier alpha value is -1.56. The fourth-order valence-electron chi connectivity index (χ4n) is 1.55. The summed E-state index contributed by atoms with van der Waals surface area (Å²) >= 11 is 1.19. The first-order valence-corrected chi connectivity index (χ1v) is 6.63. The van der Waals surface area contributed by atoms with Gasteiger partial charge in [0.25, 0.3) is 5.91 Å². The Morgan fingerprint density at radius 1 is 1.39 bits per heavy atom. The SMILES string of the molecule is CC(=O)c1sc(NCCC(C)C)c(C(N)=O)c1N. The molecule has 1 heterocycles. The first-order chi connectivity index (χ1) is 8.34. The van der Waals surface area contributed by atoms with Gasteiger partial charge in [-0.3, -0.25) is 9.59 Å². The molecule has 0 fully saturated rings. The van der Waals surface area contributed by atoms with Crippen molar-refractivity contribution in [1.82, 2.24) is 0 Å². The zero-order chi connectivity index (χ0) is 13.9. The van der Waals surface area contributed by atoms with E-state index in [4.69, 9.17) is 11.5 Å². The Morgan fingerprint density at radius 2 is 2.00 bits per heavy atom. The molecule has 0 saturated heterocycles. The van der Waals surface area contributed by atoms with Gasteiger partial charge in [-0.15, -0.1) is 11.3 Å². The van der Waals surface area contributed by atoms with E-state index in [0.717, 1.165) is 13.0 Å². The molecule has 0 aliphatic carbocycles. The molecule has 1 rings (SSSR count). The molecule has 5 N–H and O–H groups in total. The predicted octanol–water partition coefficient (Wildman–Crippen LogP) is 2.09. The van der Waals surface area contributed by atoms with E-state index in [2.05, 4.69) is 19.2 Å². The van der Waals surface area contributed by atoms with Crippen LogP contribution in [-0.4, -0.2) is 18.2 Å². The molecule has 0 aliphatic rings. The van der Waals surface area contributed by atoms with Crippen molar-refractivity contribution in [3.63, 3.8) is 0 Å². The number of anilines is 2. The molecule has 1 aromatic heterocycles. The summed E-state index contributed by atoms with van der Waals surface area (Å²) in [4.78, 5) is 23.1. The van der Waals surface area contributed by atoms with Crippen LogP contribution in [-0.2, 0) is 0 Å². The van der Waals surface area contributed by atoms with Crippen LogP contribution in [0.2, 0.25) is 0 Å². The minimum atomic E-state index is -0.608. The third-order valence-electron chi connectivity index (χ3n) is 2.52. The second-order valence-electron chi connectivity index (χ2n) is 4.58. The van der Waals surface area contributed by atoms with Crippen molar-refractivity contribution in [2.45, 2.75) is 27.2 Å². The summed E-state index contributed by atoms with van der Waals surface area (Å²) in [5, 5.41) is 3.72. The molecule has 100 valence electrons. The summed E-state index contributed by atoms with van der Waals surface area (Å²) < 4.78 is 0. The Balaban J connectivity index is 2.99. The van der Waals surface area contributed by atoms with Crippen molar-refractivity contribution < 1.29 is 9.59 Å². The molecule has 1 amide bonds. The van der Waals surface area contributed by atoms with Gasteiger partial charge in [-0.1, -0.05) is 13.8 Å². The maximum Gasteiger partial charge on any atom is 0.253 e. The standard InChI is InChI=1S/C12H19N3O2S/c1-6(2)4-5-15-12-8(11(14)17)9(13)10(18-12)7(3)16/h6,15H,4-5,13H2,1-3H3,(H2,14,17). The van der Waals surface area contributed by atoms with Gasteiger partial charge in [-0.25, -0.2) is 0 Å². The van der Waals surface area contributed by atoms with Crippen LogP contribution in [0.25, 0.3) is 0 Å². The Labute approximate surface area is 111 Å². The second-order valence-corrected chi connectivity index (χ2v) is 5.60. The lowest BCUT2D eigenvalue weighted by atomic mass is 10.1. The summed E-state index contributed by atoms with van der Waals surface area (Å²) in [6.45, 7) is 6.36. The van der Waals surface area contributed by atoms with Crippen LogP contribution in [0.4, 0.5) is 10.7 Å². The molecule has 0 saturated carbocycles. The van der Waals surface area contributed by atoms with Crippen LogP contribution in [0.15, 0.2) is 0 Å². The van der Waals surface area contributed by atoms with E-state index in [-0.39, 0.29) is 17.0 Å². The van der Waals surface area contributed by atoms with Gasteiger partial charge < -0.3 is 16.8 Å². The minimum Gasteiger partial charge on any atom is -0.397 e. The number of carbonyl (C=O) groups is 2. The van der Waals surface area contributed by atoms with Gasteiger partial charge in [0.1, 0.15) is 5.00 Å². The monoisotopic (exact) mass is 269 g/mol. The topological polar surface area (TPSA) is 98.2 Å². The predicted molar refractivity (Wildman–Crippen MR) is 75.2 cm³/mol. The van der Waals surface area contributed by atoms with Gasteiger partial charge in [0, 0.05) is 13.5 Å². The molecular formula is C12H19N3O2S. The van der Waals surface area contributed by atoms with E-state index < -0.39 is 5.91 Å². The number of hydrogen-bond donors (Lipinski definition) is 3. The largest absolute Gasteiger partial charge is 0.397 e. The van der Waals surface area contributed by atoms with Crippen molar-refractivity contribution in [2.24, 2.45) is 11.7 Å². The number of primary amides is 1. The molecule has 0 aliphatic heterocycles. The quantitative estimate of drug-likeness (QED) is 0.689. The fourth-order valence-corrected chi connectivity index (χ4v) is 2.60. The number of rotatable bonds is 6. The summed E-state index contributed by atoms with van der Waals surface area (Å²) in [6.07, 6.45) is 0.964. The zero-order valence-electron chi connectivity index (χ0n) is 10.9. The molecule has 18 heavy (non-hydrogen) atoms. The van der Waals surface area contributed by atoms with E-state index >= 15 is 0 Å². The number of nitrogen functional groups attached to an aromatic ring is 1. The Bertz CT molecular complexity index is 466. The van der Waals surface area contributed by atoms with Crippen LogP contribution >= 0.6 is 11.3 Å².